The van der Waals surface area contributed by atoms with Crippen molar-refractivity contribution in [2.75, 3.05) is 13.1 Å². The van der Waals surface area contributed by atoms with Gasteiger partial charge in [-0.1, -0.05) is 26.0 Å². The lowest BCUT2D eigenvalue weighted by Crippen LogP contribution is -2.55. The summed E-state index contributed by atoms with van der Waals surface area (Å²) in [6.07, 6.45) is 7.06. The fraction of sp³-hybridized carbons (Fsp3) is 0.526. The van der Waals surface area contributed by atoms with Crippen molar-refractivity contribution in [3.63, 3.8) is 0 Å². The molecule has 0 radical (unpaired) electrons. The molecule has 1 saturated heterocycles. The summed E-state index contributed by atoms with van der Waals surface area (Å²) < 4.78 is 0. The van der Waals surface area contributed by atoms with Gasteiger partial charge in [0.05, 0.1) is 6.07 Å². The average molecular weight is 296 g/mol. The van der Waals surface area contributed by atoms with Gasteiger partial charge in [-0.3, -0.25) is 4.90 Å². The number of nitrogens with zero attached hydrogens (tertiary/aromatic N) is 2. The largest absolute Gasteiger partial charge is 0.508 e. The van der Waals surface area contributed by atoms with Gasteiger partial charge in [0.1, 0.15) is 5.75 Å². The van der Waals surface area contributed by atoms with Crippen molar-refractivity contribution < 1.29 is 5.11 Å². The maximum absolute atomic E-state index is 9.86. The van der Waals surface area contributed by atoms with E-state index in [1.54, 1.807) is 12.1 Å². The normalized spacial score (nSPS) is 27.1. The molecule has 0 saturated carbocycles. The molecule has 1 N–H and O–H groups in total. The Kier molecular flexibility index (Phi) is 3.97. The van der Waals surface area contributed by atoms with E-state index < -0.39 is 0 Å². The molecule has 3 nitrogen and oxygen atoms in total. The molecule has 1 aliphatic heterocycles. The number of likely N-dealkylation sites (tertiary alicyclic amines) is 1. The van der Waals surface area contributed by atoms with E-state index in [4.69, 9.17) is 5.26 Å². The molecule has 2 unspecified atom stereocenters. The topological polar surface area (TPSA) is 47.3 Å². The van der Waals surface area contributed by atoms with E-state index in [2.05, 4.69) is 30.9 Å². The highest BCUT2D eigenvalue weighted by Gasteiger charge is 2.45. The van der Waals surface area contributed by atoms with Gasteiger partial charge < -0.3 is 5.11 Å². The number of aromatic hydroxyl groups is 1. The summed E-state index contributed by atoms with van der Waals surface area (Å²) in [4.78, 5) is 2.53. The summed E-state index contributed by atoms with van der Waals surface area (Å²) in [7, 11) is 0. The second-order valence-corrected chi connectivity index (χ2v) is 7.11. The number of hydrogen-bond acceptors (Lipinski definition) is 3. The average Bonchev–Trinajstić information content (AvgIpc) is 2.49. The molecular weight excluding hydrogens is 272 g/mol. The van der Waals surface area contributed by atoms with Crippen LogP contribution in [-0.2, 0) is 11.8 Å². The zero-order chi connectivity index (χ0) is 15.7. The van der Waals surface area contributed by atoms with Crippen molar-refractivity contribution in [3.8, 4) is 11.8 Å². The van der Waals surface area contributed by atoms with Crippen LogP contribution in [0.3, 0.4) is 0 Å². The predicted octanol–water partition coefficient (Wildman–Crippen LogP) is 3.39. The SMILES string of the molecule is CC1(C)c2cc(O)ccc2CC2C1CCCN2C/C=C/C#N. The Morgan fingerprint density at radius 1 is 1.45 bits per heavy atom. The Bertz CT molecular complexity index is 627. The highest BCUT2D eigenvalue weighted by Crippen LogP contribution is 2.47. The predicted molar refractivity (Wildman–Crippen MR) is 87.7 cm³/mol. The van der Waals surface area contributed by atoms with Crippen LogP contribution in [0.5, 0.6) is 5.75 Å². The Labute approximate surface area is 132 Å². The number of allylic oxidation sites excluding steroid dienone is 1. The van der Waals surface area contributed by atoms with Gasteiger partial charge in [-0.25, -0.2) is 0 Å². The molecule has 3 heteroatoms. The van der Waals surface area contributed by atoms with Crippen LogP contribution in [0.2, 0.25) is 0 Å². The standard InChI is InChI=1S/C19H24N2O/c1-19(2)16-6-5-11-21(10-4-3-9-20)18(16)12-14-7-8-15(22)13-17(14)19/h3-4,7-8,13,16,18,22H,5-6,10-12H2,1-2H3/b4-3+. The van der Waals surface area contributed by atoms with Crippen LogP contribution in [-0.4, -0.2) is 29.1 Å². The van der Waals surface area contributed by atoms with E-state index >= 15 is 0 Å². The molecule has 1 aromatic carbocycles. The lowest BCUT2D eigenvalue weighted by molar-refractivity contribution is 0.0527. The smallest absolute Gasteiger partial charge is 0.115 e. The minimum Gasteiger partial charge on any atom is -0.508 e. The zero-order valence-corrected chi connectivity index (χ0v) is 13.4. The van der Waals surface area contributed by atoms with Gasteiger partial charge in [-0.15, -0.1) is 0 Å². The van der Waals surface area contributed by atoms with E-state index in [1.165, 1.54) is 24.0 Å². The van der Waals surface area contributed by atoms with Gasteiger partial charge in [0, 0.05) is 18.7 Å². The fourth-order valence-electron chi connectivity index (χ4n) is 4.47. The Hall–Kier alpha value is -1.79. The van der Waals surface area contributed by atoms with Gasteiger partial charge in [-0.2, -0.15) is 5.26 Å². The molecule has 22 heavy (non-hydrogen) atoms. The molecule has 1 heterocycles. The summed E-state index contributed by atoms with van der Waals surface area (Å²) in [5.74, 6) is 0.973. The van der Waals surface area contributed by atoms with Crippen LogP contribution < -0.4 is 0 Å². The first-order valence-corrected chi connectivity index (χ1v) is 8.15. The second-order valence-electron chi connectivity index (χ2n) is 7.11. The van der Waals surface area contributed by atoms with Crippen LogP contribution in [0.25, 0.3) is 0 Å². The second kappa shape index (κ2) is 5.78. The third-order valence-electron chi connectivity index (χ3n) is 5.57. The van der Waals surface area contributed by atoms with Gasteiger partial charge in [0.2, 0.25) is 0 Å². The molecule has 0 spiro atoms. The Morgan fingerprint density at radius 3 is 3.05 bits per heavy atom. The van der Waals surface area contributed by atoms with Gasteiger partial charge in [0.25, 0.3) is 0 Å². The fourth-order valence-corrected chi connectivity index (χ4v) is 4.47. The highest BCUT2D eigenvalue weighted by atomic mass is 16.3. The van der Waals surface area contributed by atoms with Crippen LogP contribution in [0.15, 0.2) is 30.4 Å². The number of phenolic OH excluding ortho intramolecular Hbond substituents is 1. The van der Waals surface area contributed by atoms with E-state index in [1.807, 2.05) is 12.1 Å². The van der Waals surface area contributed by atoms with Crippen LogP contribution in [0.1, 0.15) is 37.8 Å². The number of fused-ring (bicyclic) bond motifs is 2. The number of rotatable bonds is 2. The molecule has 0 amide bonds. The molecule has 3 rings (SSSR count). The van der Waals surface area contributed by atoms with Gasteiger partial charge in [-0.05, 0) is 60.4 Å². The van der Waals surface area contributed by atoms with Gasteiger partial charge >= 0.3 is 0 Å². The van der Waals surface area contributed by atoms with Gasteiger partial charge in [0.15, 0.2) is 0 Å². The van der Waals surface area contributed by atoms with E-state index in [9.17, 15) is 5.11 Å². The summed E-state index contributed by atoms with van der Waals surface area (Å²) in [6.45, 7) is 6.60. The monoisotopic (exact) mass is 296 g/mol. The zero-order valence-electron chi connectivity index (χ0n) is 13.4. The molecule has 116 valence electrons. The summed E-state index contributed by atoms with van der Waals surface area (Å²) in [5, 5.41) is 18.6. The van der Waals surface area contributed by atoms with Crippen molar-refractivity contribution >= 4 is 0 Å². The number of phenols is 1. The van der Waals surface area contributed by atoms with Crippen molar-refractivity contribution in [2.45, 2.75) is 44.6 Å². The highest BCUT2D eigenvalue weighted by molar-refractivity contribution is 5.43. The first-order valence-electron chi connectivity index (χ1n) is 8.15. The molecule has 1 fully saturated rings. The summed E-state index contributed by atoms with van der Waals surface area (Å²) >= 11 is 0. The molecule has 1 aliphatic carbocycles. The maximum atomic E-state index is 9.86. The quantitative estimate of drug-likeness (QED) is 0.851. The van der Waals surface area contributed by atoms with E-state index in [-0.39, 0.29) is 5.41 Å². The summed E-state index contributed by atoms with van der Waals surface area (Å²) in [6, 6.07) is 8.46. The third kappa shape index (κ3) is 2.53. The van der Waals surface area contributed by atoms with Crippen LogP contribution >= 0.6 is 0 Å². The minimum atomic E-state index is 0.0780. The van der Waals surface area contributed by atoms with Crippen molar-refractivity contribution in [3.05, 3.63) is 41.5 Å². The Morgan fingerprint density at radius 2 is 2.27 bits per heavy atom. The van der Waals surface area contributed by atoms with E-state index in [0.29, 0.717) is 17.7 Å². The molecule has 2 atom stereocenters. The third-order valence-corrected chi connectivity index (χ3v) is 5.57. The lowest BCUT2D eigenvalue weighted by Gasteiger charge is -2.52. The number of hydrogen-bond donors (Lipinski definition) is 1. The van der Waals surface area contributed by atoms with E-state index in [0.717, 1.165) is 19.5 Å². The molecule has 0 aromatic heterocycles. The molecular formula is C19H24N2O. The van der Waals surface area contributed by atoms with Crippen LogP contribution in [0, 0.1) is 17.2 Å². The lowest BCUT2D eigenvalue weighted by atomic mass is 9.60. The van der Waals surface area contributed by atoms with Crippen LogP contribution in [0.4, 0.5) is 0 Å². The van der Waals surface area contributed by atoms with Crippen molar-refractivity contribution in [1.29, 1.82) is 5.26 Å². The van der Waals surface area contributed by atoms with Crippen molar-refractivity contribution in [2.24, 2.45) is 5.92 Å². The number of nitriles is 1. The summed E-state index contributed by atoms with van der Waals surface area (Å²) in [5.41, 5.74) is 2.75. The first-order chi connectivity index (χ1) is 10.5. The number of benzene rings is 1. The first kappa shape index (κ1) is 15.1. The number of piperidine rings is 1. The minimum absolute atomic E-state index is 0.0780. The molecule has 1 aromatic rings. The molecule has 2 aliphatic rings. The Balaban J connectivity index is 1.94. The molecule has 0 bridgehead atoms. The maximum Gasteiger partial charge on any atom is 0.115 e. The van der Waals surface area contributed by atoms with Crippen molar-refractivity contribution in [1.82, 2.24) is 4.90 Å².